The van der Waals surface area contributed by atoms with Crippen LogP contribution in [-0.4, -0.2) is 29.1 Å². The molecule has 1 saturated heterocycles. The van der Waals surface area contributed by atoms with Crippen molar-refractivity contribution in [1.82, 2.24) is 4.90 Å². The Kier molecular flexibility index (Phi) is 4.47. The van der Waals surface area contributed by atoms with E-state index in [4.69, 9.17) is 0 Å². The minimum Gasteiger partial charge on any atom is -0.618 e. The van der Waals surface area contributed by atoms with E-state index in [-0.39, 0.29) is 5.91 Å². The first kappa shape index (κ1) is 13.2. The van der Waals surface area contributed by atoms with Crippen LogP contribution in [0, 0.1) is 5.21 Å². The van der Waals surface area contributed by atoms with Gasteiger partial charge in [0.25, 0.3) is 5.03 Å². The molecule has 18 heavy (non-hydrogen) atoms. The van der Waals surface area contributed by atoms with E-state index in [0.717, 1.165) is 24.1 Å². The number of amides is 1. The zero-order valence-corrected chi connectivity index (χ0v) is 11.4. The topological polar surface area (TPSA) is 47.2 Å². The molecule has 1 amide bonds. The van der Waals surface area contributed by atoms with E-state index < -0.39 is 0 Å². The highest BCUT2D eigenvalue weighted by atomic mass is 32.2. The number of hydrogen-bond acceptors (Lipinski definition) is 3. The Labute approximate surface area is 112 Å². The molecule has 0 N–H and O–H groups in total. The molecule has 0 saturated carbocycles. The second-order valence-corrected chi connectivity index (χ2v) is 5.58. The first-order valence-corrected chi connectivity index (χ1v) is 7.27. The molecule has 2 rings (SSSR count). The van der Waals surface area contributed by atoms with Gasteiger partial charge in [0, 0.05) is 24.7 Å². The van der Waals surface area contributed by atoms with E-state index in [1.54, 1.807) is 12.1 Å². The van der Waals surface area contributed by atoms with Crippen LogP contribution in [0.15, 0.2) is 29.4 Å². The normalized spacial score (nSPS) is 19.8. The molecule has 0 aliphatic carbocycles. The Morgan fingerprint density at radius 3 is 3.11 bits per heavy atom. The van der Waals surface area contributed by atoms with Crippen LogP contribution in [0.25, 0.3) is 0 Å². The molecule has 0 bridgehead atoms. The highest BCUT2D eigenvalue weighted by Crippen LogP contribution is 2.19. The SMILES string of the molecule is CC1CCCCN1C(=O)CSc1cccc[n+]1[O-]. The molecule has 1 aromatic rings. The smallest absolute Gasteiger partial charge is 0.251 e. The Bertz CT molecular complexity index is 425. The number of pyridine rings is 1. The number of likely N-dealkylation sites (tertiary alicyclic amines) is 1. The maximum atomic E-state index is 12.1. The predicted molar refractivity (Wildman–Crippen MR) is 71.2 cm³/mol. The van der Waals surface area contributed by atoms with Crippen molar-refractivity contribution in [3.8, 4) is 0 Å². The first-order valence-electron chi connectivity index (χ1n) is 6.29. The van der Waals surface area contributed by atoms with Crippen molar-refractivity contribution in [2.45, 2.75) is 37.3 Å². The lowest BCUT2D eigenvalue weighted by Crippen LogP contribution is -2.43. The third-order valence-electron chi connectivity index (χ3n) is 3.26. The largest absolute Gasteiger partial charge is 0.618 e. The molecule has 1 unspecified atom stereocenters. The van der Waals surface area contributed by atoms with E-state index in [0.29, 0.717) is 16.8 Å². The lowest BCUT2D eigenvalue weighted by atomic mass is 10.0. The molecule has 1 atom stereocenters. The summed E-state index contributed by atoms with van der Waals surface area (Å²) in [5.74, 6) is 0.479. The van der Waals surface area contributed by atoms with Crippen LogP contribution < -0.4 is 4.73 Å². The van der Waals surface area contributed by atoms with Gasteiger partial charge in [0.05, 0.1) is 5.75 Å². The van der Waals surface area contributed by atoms with Gasteiger partial charge in [0.15, 0.2) is 6.20 Å². The van der Waals surface area contributed by atoms with Crippen molar-refractivity contribution in [2.75, 3.05) is 12.3 Å². The number of thioether (sulfide) groups is 1. The number of nitrogens with zero attached hydrogens (tertiary/aromatic N) is 2. The van der Waals surface area contributed by atoms with E-state index >= 15 is 0 Å². The van der Waals surface area contributed by atoms with Gasteiger partial charge in [0.2, 0.25) is 5.91 Å². The third-order valence-corrected chi connectivity index (χ3v) is 4.26. The lowest BCUT2D eigenvalue weighted by molar-refractivity contribution is -0.645. The van der Waals surface area contributed by atoms with E-state index in [1.807, 2.05) is 11.0 Å². The summed E-state index contributed by atoms with van der Waals surface area (Å²) in [4.78, 5) is 14.0. The predicted octanol–water partition coefficient (Wildman–Crippen LogP) is 1.81. The summed E-state index contributed by atoms with van der Waals surface area (Å²) in [5.41, 5.74) is 0. The summed E-state index contributed by atoms with van der Waals surface area (Å²) in [5, 5.41) is 12.0. The Balaban J connectivity index is 1.90. The number of carbonyl (C=O) groups excluding carboxylic acids is 1. The van der Waals surface area contributed by atoms with E-state index in [9.17, 15) is 10.0 Å². The summed E-state index contributed by atoms with van der Waals surface area (Å²) in [6.45, 7) is 2.95. The number of aromatic nitrogens is 1. The molecule has 0 aromatic carbocycles. The van der Waals surface area contributed by atoms with Crippen LogP contribution in [-0.2, 0) is 4.79 Å². The third kappa shape index (κ3) is 3.16. The van der Waals surface area contributed by atoms with Gasteiger partial charge in [-0.2, -0.15) is 4.73 Å². The molecule has 1 aromatic heterocycles. The van der Waals surface area contributed by atoms with Gasteiger partial charge in [-0.15, -0.1) is 0 Å². The van der Waals surface area contributed by atoms with Crippen molar-refractivity contribution in [3.63, 3.8) is 0 Å². The van der Waals surface area contributed by atoms with Crippen LogP contribution in [0.5, 0.6) is 0 Å². The molecular formula is C13H18N2O2S. The van der Waals surface area contributed by atoms with Gasteiger partial charge in [0.1, 0.15) is 0 Å². The van der Waals surface area contributed by atoms with Crippen molar-refractivity contribution in [3.05, 3.63) is 29.6 Å². The molecule has 1 aliphatic heterocycles. The Morgan fingerprint density at radius 1 is 1.56 bits per heavy atom. The molecule has 1 fully saturated rings. The van der Waals surface area contributed by atoms with Gasteiger partial charge >= 0.3 is 0 Å². The standard InChI is InChI=1S/C13H18N2O2S/c1-11-6-2-4-8-14(11)12(16)10-18-13-7-3-5-9-15(13)17/h3,5,7,9,11H,2,4,6,8,10H2,1H3. The van der Waals surface area contributed by atoms with Crippen LogP contribution in [0.4, 0.5) is 0 Å². The van der Waals surface area contributed by atoms with Gasteiger partial charge < -0.3 is 10.1 Å². The second-order valence-electron chi connectivity index (χ2n) is 4.59. The highest BCUT2D eigenvalue weighted by Gasteiger charge is 2.23. The molecule has 2 heterocycles. The van der Waals surface area contributed by atoms with Crippen LogP contribution in [0.1, 0.15) is 26.2 Å². The molecule has 0 spiro atoms. The van der Waals surface area contributed by atoms with Crippen molar-refractivity contribution < 1.29 is 9.52 Å². The average Bonchev–Trinajstić information content (AvgIpc) is 2.38. The van der Waals surface area contributed by atoms with Crippen LogP contribution in [0.3, 0.4) is 0 Å². The van der Waals surface area contributed by atoms with Crippen LogP contribution in [0.2, 0.25) is 0 Å². The fourth-order valence-electron chi connectivity index (χ4n) is 2.21. The highest BCUT2D eigenvalue weighted by molar-refractivity contribution is 7.99. The van der Waals surface area contributed by atoms with Gasteiger partial charge in [-0.1, -0.05) is 0 Å². The van der Waals surface area contributed by atoms with Crippen molar-refractivity contribution in [2.24, 2.45) is 0 Å². The van der Waals surface area contributed by atoms with Gasteiger partial charge in [-0.05, 0) is 44.0 Å². The minimum atomic E-state index is 0.135. The molecular weight excluding hydrogens is 248 g/mol. The van der Waals surface area contributed by atoms with Gasteiger partial charge in [-0.3, -0.25) is 4.79 Å². The first-order chi connectivity index (χ1) is 8.68. The Morgan fingerprint density at radius 2 is 2.39 bits per heavy atom. The second kappa shape index (κ2) is 6.09. The van der Waals surface area contributed by atoms with E-state index in [1.165, 1.54) is 24.4 Å². The molecule has 5 heteroatoms. The van der Waals surface area contributed by atoms with Crippen molar-refractivity contribution >= 4 is 17.7 Å². The molecule has 4 nitrogen and oxygen atoms in total. The zero-order chi connectivity index (χ0) is 13.0. The fraction of sp³-hybridized carbons (Fsp3) is 0.538. The summed E-state index contributed by atoms with van der Waals surface area (Å²) < 4.78 is 0.803. The van der Waals surface area contributed by atoms with E-state index in [2.05, 4.69) is 6.92 Å². The number of piperidine rings is 1. The number of carbonyl (C=O) groups is 1. The van der Waals surface area contributed by atoms with Crippen molar-refractivity contribution in [1.29, 1.82) is 0 Å². The zero-order valence-electron chi connectivity index (χ0n) is 10.5. The quantitative estimate of drug-likeness (QED) is 0.476. The minimum absolute atomic E-state index is 0.135. The molecule has 1 aliphatic rings. The fourth-order valence-corrected chi connectivity index (χ4v) is 3.01. The molecule has 98 valence electrons. The maximum Gasteiger partial charge on any atom is 0.251 e. The summed E-state index contributed by atoms with van der Waals surface area (Å²) in [6, 6.07) is 5.57. The lowest BCUT2D eigenvalue weighted by Gasteiger charge is -2.33. The monoisotopic (exact) mass is 266 g/mol. The van der Waals surface area contributed by atoms with Crippen LogP contribution >= 0.6 is 11.8 Å². The summed E-state index contributed by atoms with van der Waals surface area (Å²) in [6.07, 6.45) is 4.84. The van der Waals surface area contributed by atoms with Gasteiger partial charge in [-0.25, -0.2) is 0 Å². The summed E-state index contributed by atoms with van der Waals surface area (Å²) in [7, 11) is 0. The average molecular weight is 266 g/mol. The summed E-state index contributed by atoms with van der Waals surface area (Å²) >= 11 is 1.31. The molecule has 0 radical (unpaired) electrons. The number of hydrogen-bond donors (Lipinski definition) is 0. The Hall–Kier alpha value is -1.23. The maximum absolute atomic E-state index is 12.1. The number of rotatable bonds is 3.